The van der Waals surface area contributed by atoms with Gasteiger partial charge in [0, 0.05) is 34.5 Å². The molecular weight excluding hydrogens is 464 g/mol. The lowest BCUT2D eigenvalue weighted by atomic mass is 10.2. The van der Waals surface area contributed by atoms with Gasteiger partial charge >= 0.3 is 6.18 Å². The Morgan fingerprint density at radius 3 is 2.73 bits per heavy atom. The highest BCUT2D eigenvalue weighted by atomic mass is 35.5. The third-order valence-electron chi connectivity index (χ3n) is 5.29. The quantitative estimate of drug-likeness (QED) is 0.413. The molecule has 5 rings (SSSR count). The van der Waals surface area contributed by atoms with Gasteiger partial charge in [-0.2, -0.15) is 23.4 Å². The molecule has 1 saturated carbocycles. The van der Waals surface area contributed by atoms with Gasteiger partial charge in [-0.1, -0.05) is 17.7 Å². The normalized spacial score (nSPS) is 14.1. The highest BCUT2D eigenvalue weighted by molar-refractivity contribution is 6.31. The zero-order valence-corrected chi connectivity index (χ0v) is 17.5. The van der Waals surface area contributed by atoms with Gasteiger partial charge in [-0.05, 0) is 31.0 Å². The molecular formula is C21H15ClF4N6O. The molecule has 3 aromatic heterocycles. The van der Waals surface area contributed by atoms with Crippen LogP contribution in [0.5, 0.6) is 0 Å². The molecule has 0 atom stereocenters. The summed E-state index contributed by atoms with van der Waals surface area (Å²) in [6.07, 6.45) is -0.601. The van der Waals surface area contributed by atoms with Crippen LogP contribution in [0, 0.1) is 5.82 Å². The predicted octanol–water partition coefficient (Wildman–Crippen LogP) is 4.92. The smallest absolute Gasteiger partial charge is 0.305 e. The number of hydrogen-bond donors (Lipinski definition) is 1. The number of anilines is 1. The lowest BCUT2D eigenvalue weighted by Crippen LogP contribution is -2.16. The first kappa shape index (κ1) is 21.4. The van der Waals surface area contributed by atoms with Gasteiger partial charge in [-0.15, -0.1) is 0 Å². The van der Waals surface area contributed by atoms with E-state index in [4.69, 9.17) is 11.6 Å². The molecule has 0 unspecified atom stereocenters. The van der Waals surface area contributed by atoms with Gasteiger partial charge in [0.2, 0.25) is 0 Å². The van der Waals surface area contributed by atoms with E-state index >= 15 is 0 Å². The number of carbonyl (C=O) groups is 1. The van der Waals surface area contributed by atoms with Gasteiger partial charge < -0.3 is 5.32 Å². The largest absolute Gasteiger partial charge is 0.433 e. The Labute approximate surface area is 189 Å². The lowest BCUT2D eigenvalue weighted by Gasteiger charge is -2.11. The number of carbonyl (C=O) groups excluding carboxylic acids is 1. The van der Waals surface area contributed by atoms with Gasteiger partial charge in [0.05, 0.1) is 12.7 Å². The van der Waals surface area contributed by atoms with Crippen molar-refractivity contribution in [2.75, 3.05) is 5.32 Å². The number of amides is 1. The van der Waals surface area contributed by atoms with Gasteiger partial charge in [-0.3, -0.25) is 9.48 Å². The second-order valence-corrected chi connectivity index (χ2v) is 8.09. The maximum absolute atomic E-state index is 14.0. The van der Waals surface area contributed by atoms with E-state index in [0.717, 1.165) is 25.1 Å². The summed E-state index contributed by atoms with van der Waals surface area (Å²) in [6.45, 7) is 0.0271. The average molecular weight is 479 g/mol. The van der Waals surface area contributed by atoms with E-state index in [1.165, 1.54) is 29.1 Å². The van der Waals surface area contributed by atoms with Crippen molar-refractivity contribution in [2.24, 2.45) is 0 Å². The minimum absolute atomic E-state index is 0.0271. The summed E-state index contributed by atoms with van der Waals surface area (Å²) < 4.78 is 56.6. The Morgan fingerprint density at radius 2 is 2.03 bits per heavy atom. The molecule has 0 bridgehead atoms. The lowest BCUT2D eigenvalue weighted by molar-refractivity contribution is -0.142. The molecule has 1 aliphatic carbocycles. The van der Waals surface area contributed by atoms with Crippen molar-refractivity contribution in [3.8, 4) is 0 Å². The molecule has 1 aliphatic rings. The van der Waals surface area contributed by atoms with E-state index in [1.807, 2.05) is 0 Å². The summed E-state index contributed by atoms with van der Waals surface area (Å²) in [6, 6.07) is 6.77. The van der Waals surface area contributed by atoms with E-state index in [2.05, 4.69) is 20.5 Å². The van der Waals surface area contributed by atoms with Crippen LogP contribution in [0.1, 0.15) is 46.1 Å². The zero-order valence-electron chi connectivity index (χ0n) is 16.8. The molecule has 12 heteroatoms. The first-order chi connectivity index (χ1) is 15.7. The monoisotopic (exact) mass is 478 g/mol. The Kier molecular flexibility index (Phi) is 5.08. The average Bonchev–Trinajstić information content (AvgIpc) is 3.37. The summed E-state index contributed by atoms with van der Waals surface area (Å²) in [5, 5.41) is 10.7. The maximum atomic E-state index is 14.0. The third kappa shape index (κ3) is 4.15. The predicted molar refractivity (Wildman–Crippen MR) is 111 cm³/mol. The molecule has 0 radical (unpaired) electrons. The Bertz CT molecular complexity index is 1350. The van der Waals surface area contributed by atoms with Crippen molar-refractivity contribution in [2.45, 2.75) is 31.5 Å². The van der Waals surface area contributed by atoms with Crippen LogP contribution in [0.3, 0.4) is 0 Å². The third-order valence-corrected chi connectivity index (χ3v) is 5.64. The molecule has 4 aromatic rings. The molecule has 0 saturated heterocycles. The van der Waals surface area contributed by atoms with Gasteiger partial charge in [-0.25, -0.2) is 13.9 Å². The topological polar surface area (TPSA) is 77.1 Å². The molecule has 1 fully saturated rings. The molecule has 33 heavy (non-hydrogen) atoms. The fourth-order valence-corrected chi connectivity index (χ4v) is 3.70. The van der Waals surface area contributed by atoms with Crippen molar-refractivity contribution in [1.82, 2.24) is 24.4 Å². The number of halogens is 5. The number of nitrogens with zero attached hydrogens (tertiary/aromatic N) is 5. The molecule has 1 N–H and O–H groups in total. The summed E-state index contributed by atoms with van der Waals surface area (Å²) in [5.41, 5.74) is -0.759. The number of fused-ring (bicyclic) bond motifs is 1. The van der Waals surface area contributed by atoms with Gasteiger partial charge in [0.15, 0.2) is 11.5 Å². The zero-order chi connectivity index (χ0) is 23.3. The standard InChI is InChI=1S/C21H15ClF4N6O/c22-14-2-1-3-15(23)13(14)10-31-7-6-18(30-31)29-20(33)12-9-27-32-17(21(24,25)26)8-16(11-4-5-11)28-19(12)32/h1-3,6-9,11H,4-5,10H2,(H,29,30,33). The molecule has 0 aliphatic heterocycles. The SMILES string of the molecule is O=C(Nc1ccn(Cc2c(F)cccc2Cl)n1)c1cnn2c(C(F)(F)F)cc(C3CC3)nc12. The Balaban J connectivity index is 1.42. The summed E-state index contributed by atoms with van der Waals surface area (Å²) in [4.78, 5) is 17.1. The first-order valence-corrected chi connectivity index (χ1v) is 10.3. The van der Waals surface area contributed by atoms with Crippen molar-refractivity contribution < 1.29 is 22.4 Å². The summed E-state index contributed by atoms with van der Waals surface area (Å²) >= 11 is 6.03. The second kappa shape index (κ2) is 7.84. The van der Waals surface area contributed by atoms with Crippen LogP contribution in [0.15, 0.2) is 42.7 Å². The van der Waals surface area contributed by atoms with E-state index in [0.29, 0.717) is 4.52 Å². The number of alkyl halides is 3. The van der Waals surface area contributed by atoms with Crippen LogP contribution in [-0.2, 0) is 12.7 Å². The molecule has 3 heterocycles. The van der Waals surface area contributed by atoms with E-state index in [-0.39, 0.29) is 45.8 Å². The maximum Gasteiger partial charge on any atom is 0.433 e. The number of hydrogen-bond acceptors (Lipinski definition) is 4. The first-order valence-electron chi connectivity index (χ1n) is 9.94. The molecule has 1 aromatic carbocycles. The van der Waals surface area contributed by atoms with Crippen LogP contribution in [0.2, 0.25) is 5.02 Å². The Morgan fingerprint density at radius 1 is 1.24 bits per heavy atom. The van der Waals surface area contributed by atoms with Crippen LogP contribution < -0.4 is 5.32 Å². The van der Waals surface area contributed by atoms with Crippen molar-refractivity contribution in [3.05, 3.63) is 76.1 Å². The van der Waals surface area contributed by atoms with Gasteiger partial charge in [0.1, 0.15) is 17.1 Å². The van der Waals surface area contributed by atoms with E-state index in [1.54, 1.807) is 6.07 Å². The van der Waals surface area contributed by atoms with E-state index < -0.39 is 23.6 Å². The summed E-state index contributed by atoms with van der Waals surface area (Å²) in [7, 11) is 0. The van der Waals surface area contributed by atoms with E-state index in [9.17, 15) is 22.4 Å². The number of benzene rings is 1. The molecule has 7 nitrogen and oxygen atoms in total. The molecule has 170 valence electrons. The van der Waals surface area contributed by atoms with Crippen LogP contribution in [-0.4, -0.2) is 30.3 Å². The van der Waals surface area contributed by atoms with Crippen LogP contribution in [0.4, 0.5) is 23.4 Å². The highest BCUT2D eigenvalue weighted by Crippen LogP contribution is 2.41. The minimum atomic E-state index is -4.66. The van der Waals surface area contributed by atoms with Crippen molar-refractivity contribution >= 4 is 29.0 Å². The second-order valence-electron chi connectivity index (χ2n) is 7.68. The van der Waals surface area contributed by atoms with Crippen molar-refractivity contribution in [3.63, 3.8) is 0 Å². The number of rotatable bonds is 5. The summed E-state index contributed by atoms with van der Waals surface area (Å²) in [5.74, 6) is -1.13. The Hall–Kier alpha value is -3.47. The fourth-order valence-electron chi connectivity index (χ4n) is 3.48. The molecule has 1 amide bonds. The number of aromatic nitrogens is 5. The fraction of sp³-hybridized carbons (Fsp3) is 0.238. The number of nitrogens with one attached hydrogen (secondary N) is 1. The van der Waals surface area contributed by atoms with Gasteiger partial charge in [0.25, 0.3) is 5.91 Å². The van der Waals surface area contributed by atoms with Crippen molar-refractivity contribution in [1.29, 1.82) is 0 Å². The van der Waals surface area contributed by atoms with Crippen LogP contribution in [0.25, 0.3) is 5.65 Å². The molecule has 0 spiro atoms. The van der Waals surface area contributed by atoms with Crippen LogP contribution >= 0.6 is 11.6 Å². The highest BCUT2D eigenvalue weighted by Gasteiger charge is 2.38. The minimum Gasteiger partial charge on any atom is -0.305 e.